The largest absolute Gasteiger partial charge is 0.478 e. The molecule has 0 spiro atoms. The Balaban J connectivity index is 1.91. The van der Waals surface area contributed by atoms with Crippen LogP contribution in [0.2, 0.25) is 0 Å². The number of hydrogen-bond acceptors (Lipinski definition) is 4. The van der Waals surface area contributed by atoms with Gasteiger partial charge in [-0.3, -0.25) is 0 Å². The van der Waals surface area contributed by atoms with Gasteiger partial charge in [0.2, 0.25) is 0 Å². The van der Waals surface area contributed by atoms with Crippen molar-refractivity contribution in [2.45, 2.75) is 0 Å². The third kappa shape index (κ3) is 2.47. The van der Waals surface area contributed by atoms with Crippen LogP contribution in [-0.4, -0.2) is 11.1 Å². The monoisotopic (exact) mass is 318 g/mol. The molecule has 3 heterocycles. The molecule has 3 aromatic rings. The SMILES string of the molecule is C=C(C(=O)O)c1ccc(-c2ccc(-c3cccs3)s2)s1. The molecule has 100 valence electrons. The fraction of sp³-hybridized carbons (Fsp3) is 0. The first-order valence-corrected chi connectivity index (χ1v) is 8.33. The highest BCUT2D eigenvalue weighted by molar-refractivity contribution is 7.26. The molecule has 0 aromatic carbocycles. The molecule has 0 aliphatic rings. The van der Waals surface area contributed by atoms with Crippen molar-refractivity contribution in [3.05, 3.63) is 53.2 Å². The molecular weight excluding hydrogens is 308 g/mol. The van der Waals surface area contributed by atoms with Gasteiger partial charge in [-0.2, -0.15) is 0 Å². The minimum Gasteiger partial charge on any atom is -0.478 e. The first kappa shape index (κ1) is 13.3. The number of carboxylic acid groups (broad SMARTS) is 1. The van der Waals surface area contributed by atoms with Gasteiger partial charge >= 0.3 is 5.97 Å². The fourth-order valence-corrected chi connectivity index (χ4v) is 4.66. The van der Waals surface area contributed by atoms with Crippen LogP contribution in [0.1, 0.15) is 4.88 Å². The second-order valence-corrected chi connectivity index (χ2v) is 7.20. The Labute approximate surface area is 128 Å². The molecule has 3 aromatic heterocycles. The fourth-order valence-electron chi connectivity index (χ4n) is 1.76. The zero-order chi connectivity index (χ0) is 14.1. The summed E-state index contributed by atoms with van der Waals surface area (Å²) in [7, 11) is 0. The number of aliphatic carboxylic acids is 1. The lowest BCUT2D eigenvalue weighted by molar-refractivity contribution is -0.130. The standard InChI is InChI=1S/C15H10O2S3/c1-9(15(16)17)10-4-5-13(19-10)14-7-6-12(20-14)11-3-2-8-18-11/h2-8H,1H2,(H,16,17). The van der Waals surface area contributed by atoms with Crippen LogP contribution >= 0.6 is 34.0 Å². The number of hydrogen-bond donors (Lipinski definition) is 1. The van der Waals surface area contributed by atoms with Crippen molar-refractivity contribution in [3.63, 3.8) is 0 Å². The normalized spacial score (nSPS) is 10.6. The molecule has 0 amide bonds. The van der Waals surface area contributed by atoms with Gasteiger partial charge in [-0.1, -0.05) is 12.6 Å². The van der Waals surface area contributed by atoms with E-state index in [1.54, 1.807) is 22.7 Å². The summed E-state index contributed by atoms with van der Waals surface area (Å²) in [4.78, 5) is 16.4. The molecule has 3 rings (SSSR count). The van der Waals surface area contributed by atoms with Crippen molar-refractivity contribution in [1.82, 2.24) is 0 Å². The van der Waals surface area contributed by atoms with E-state index in [9.17, 15) is 4.79 Å². The van der Waals surface area contributed by atoms with Crippen LogP contribution in [-0.2, 0) is 4.79 Å². The Bertz CT molecular complexity index is 763. The maximum atomic E-state index is 10.9. The molecule has 0 saturated heterocycles. The van der Waals surface area contributed by atoms with E-state index in [2.05, 4.69) is 30.2 Å². The van der Waals surface area contributed by atoms with Crippen LogP contribution in [0, 0.1) is 0 Å². The number of carboxylic acids is 1. The van der Waals surface area contributed by atoms with Crippen LogP contribution in [0.4, 0.5) is 0 Å². The molecule has 0 unspecified atom stereocenters. The maximum absolute atomic E-state index is 10.9. The summed E-state index contributed by atoms with van der Waals surface area (Å²) >= 11 is 4.91. The van der Waals surface area contributed by atoms with Crippen LogP contribution in [0.25, 0.3) is 25.1 Å². The Hall–Kier alpha value is -1.69. The minimum atomic E-state index is -0.969. The van der Waals surface area contributed by atoms with Crippen molar-refractivity contribution >= 4 is 45.6 Å². The molecular formula is C15H10O2S3. The van der Waals surface area contributed by atoms with Crippen LogP contribution in [0.15, 0.2) is 48.4 Å². The van der Waals surface area contributed by atoms with Crippen molar-refractivity contribution in [3.8, 4) is 19.5 Å². The predicted molar refractivity (Wildman–Crippen MR) is 87.6 cm³/mol. The van der Waals surface area contributed by atoms with E-state index in [4.69, 9.17) is 5.11 Å². The molecule has 20 heavy (non-hydrogen) atoms. The van der Waals surface area contributed by atoms with Gasteiger partial charge in [0.05, 0.1) is 5.57 Å². The highest BCUT2D eigenvalue weighted by Gasteiger charge is 2.12. The number of thiophene rings is 3. The number of rotatable bonds is 4. The van der Waals surface area contributed by atoms with E-state index < -0.39 is 5.97 Å². The van der Waals surface area contributed by atoms with Crippen molar-refractivity contribution in [2.24, 2.45) is 0 Å². The molecule has 0 aliphatic carbocycles. The maximum Gasteiger partial charge on any atom is 0.336 e. The molecule has 0 atom stereocenters. The second kappa shape index (κ2) is 5.36. The third-order valence-electron chi connectivity index (χ3n) is 2.77. The average Bonchev–Trinajstić information content (AvgIpc) is 3.16. The van der Waals surface area contributed by atoms with Crippen LogP contribution in [0.3, 0.4) is 0 Å². The Kier molecular flexibility index (Phi) is 3.56. The van der Waals surface area contributed by atoms with E-state index in [0.717, 1.165) is 9.75 Å². The van der Waals surface area contributed by atoms with E-state index in [-0.39, 0.29) is 5.57 Å². The lowest BCUT2D eigenvalue weighted by atomic mass is 10.2. The summed E-state index contributed by atoms with van der Waals surface area (Å²) in [6.45, 7) is 3.59. The van der Waals surface area contributed by atoms with E-state index >= 15 is 0 Å². The highest BCUT2D eigenvalue weighted by Crippen LogP contribution is 2.39. The van der Waals surface area contributed by atoms with Gasteiger partial charge in [-0.15, -0.1) is 34.0 Å². The van der Waals surface area contributed by atoms with Crippen molar-refractivity contribution in [1.29, 1.82) is 0 Å². The van der Waals surface area contributed by atoms with Gasteiger partial charge in [-0.25, -0.2) is 4.79 Å². The summed E-state index contributed by atoms with van der Waals surface area (Å²) in [5.74, 6) is -0.969. The van der Waals surface area contributed by atoms with E-state index in [0.29, 0.717) is 4.88 Å². The quantitative estimate of drug-likeness (QED) is 0.662. The van der Waals surface area contributed by atoms with Gasteiger partial charge in [-0.05, 0) is 35.7 Å². The summed E-state index contributed by atoms with van der Waals surface area (Å²) < 4.78 is 0. The molecule has 0 fully saturated rings. The molecule has 2 nitrogen and oxygen atoms in total. The van der Waals surface area contributed by atoms with E-state index in [1.807, 2.05) is 18.2 Å². The zero-order valence-electron chi connectivity index (χ0n) is 10.3. The van der Waals surface area contributed by atoms with Gasteiger partial charge in [0.25, 0.3) is 0 Å². The second-order valence-electron chi connectivity index (χ2n) is 4.09. The van der Waals surface area contributed by atoms with Crippen molar-refractivity contribution in [2.75, 3.05) is 0 Å². The lowest BCUT2D eigenvalue weighted by Crippen LogP contribution is -1.94. The topological polar surface area (TPSA) is 37.3 Å². The first-order chi connectivity index (χ1) is 9.65. The summed E-state index contributed by atoms with van der Waals surface area (Å²) in [5, 5.41) is 11.0. The molecule has 0 saturated carbocycles. The molecule has 1 N–H and O–H groups in total. The molecule has 0 radical (unpaired) electrons. The minimum absolute atomic E-state index is 0.149. The summed E-state index contributed by atoms with van der Waals surface area (Å²) in [6, 6.07) is 12.1. The van der Waals surface area contributed by atoms with Gasteiger partial charge < -0.3 is 5.11 Å². The van der Waals surface area contributed by atoms with Crippen molar-refractivity contribution < 1.29 is 9.90 Å². The predicted octanol–water partition coefficient (Wildman–Crippen LogP) is 5.30. The number of carbonyl (C=O) groups is 1. The van der Waals surface area contributed by atoms with E-state index in [1.165, 1.54) is 21.1 Å². The molecule has 5 heteroatoms. The smallest absolute Gasteiger partial charge is 0.336 e. The average molecular weight is 318 g/mol. The van der Waals surface area contributed by atoms with Gasteiger partial charge in [0, 0.05) is 24.4 Å². The summed E-state index contributed by atoms with van der Waals surface area (Å²) in [6.07, 6.45) is 0. The third-order valence-corrected chi connectivity index (χ3v) is 6.27. The zero-order valence-corrected chi connectivity index (χ0v) is 12.8. The Morgan fingerprint density at radius 1 is 0.950 bits per heavy atom. The Morgan fingerprint density at radius 3 is 2.25 bits per heavy atom. The summed E-state index contributed by atoms with van der Waals surface area (Å²) in [5.41, 5.74) is 0.149. The molecule has 0 bridgehead atoms. The lowest BCUT2D eigenvalue weighted by Gasteiger charge is -1.94. The van der Waals surface area contributed by atoms with Gasteiger partial charge in [0.15, 0.2) is 0 Å². The Morgan fingerprint density at radius 2 is 1.60 bits per heavy atom. The first-order valence-electron chi connectivity index (χ1n) is 5.81. The highest BCUT2D eigenvalue weighted by atomic mass is 32.1. The van der Waals surface area contributed by atoms with Crippen LogP contribution in [0.5, 0.6) is 0 Å². The van der Waals surface area contributed by atoms with Gasteiger partial charge in [0.1, 0.15) is 0 Å². The van der Waals surface area contributed by atoms with Crippen LogP contribution < -0.4 is 0 Å². The molecule has 0 aliphatic heterocycles.